The number of anilines is 1. The molecule has 0 spiro atoms. The molecule has 0 saturated heterocycles. The van der Waals surface area contributed by atoms with E-state index in [1.54, 1.807) is 12.1 Å². The number of benzene rings is 2. The lowest BCUT2D eigenvalue weighted by Gasteiger charge is -2.08. The van der Waals surface area contributed by atoms with E-state index >= 15 is 0 Å². The molecule has 0 aliphatic rings. The highest BCUT2D eigenvalue weighted by molar-refractivity contribution is 9.10. The summed E-state index contributed by atoms with van der Waals surface area (Å²) in [6.07, 6.45) is 0. The first kappa shape index (κ1) is 13.0. The van der Waals surface area contributed by atoms with Crippen LogP contribution < -0.4 is 5.32 Å². The summed E-state index contributed by atoms with van der Waals surface area (Å²) in [5, 5.41) is 2.76. The van der Waals surface area contributed by atoms with Crippen LogP contribution in [0.1, 0.15) is 5.56 Å². The average molecular weight is 316 g/mol. The van der Waals surface area contributed by atoms with Crippen LogP contribution in [-0.4, -0.2) is 0 Å². The molecule has 0 amide bonds. The summed E-state index contributed by atoms with van der Waals surface area (Å²) < 4.78 is 39.6. The van der Waals surface area contributed by atoms with Gasteiger partial charge < -0.3 is 5.32 Å². The predicted octanol–water partition coefficient (Wildman–Crippen LogP) is 4.48. The summed E-state index contributed by atoms with van der Waals surface area (Å²) in [4.78, 5) is 0. The quantitative estimate of drug-likeness (QED) is 0.880. The molecule has 0 aliphatic heterocycles. The number of halogens is 4. The van der Waals surface area contributed by atoms with E-state index in [1.807, 2.05) is 0 Å². The molecule has 1 nitrogen and oxygen atoms in total. The number of hydrogen-bond acceptors (Lipinski definition) is 1. The van der Waals surface area contributed by atoms with Crippen LogP contribution in [0.25, 0.3) is 0 Å². The lowest BCUT2D eigenvalue weighted by molar-refractivity contribution is 0.511. The van der Waals surface area contributed by atoms with Crippen LogP contribution in [0, 0.1) is 17.5 Å². The molecule has 18 heavy (non-hydrogen) atoms. The summed E-state index contributed by atoms with van der Waals surface area (Å²) >= 11 is 3.06. The van der Waals surface area contributed by atoms with Crippen molar-refractivity contribution >= 4 is 21.6 Å². The number of nitrogens with one attached hydrogen (secondary N) is 1. The molecular weight excluding hydrogens is 307 g/mol. The van der Waals surface area contributed by atoms with E-state index in [-0.39, 0.29) is 18.0 Å². The van der Waals surface area contributed by atoms with E-state index in [4.69, 9.17) is 0 Å². The van der Waals surface area contributed by atoms with Crippen LogP contribution in [0.3, 0.4) is 0 Å². The SMILES string of the molecule is Fc1ccc(CNc2cccc(F)c2F)cc1Br. The van der Waals surface area contributed by atoms with Gasteiger partial charge in [-0.15, -0.1) is 0 Å². The summed E-state index contributed by atoms with van der Waals surface area (Å²) in [6.45, 7) is 0.277. The first-order valence-corrected chi connectivity index (χ1v) is 5.99. The zero-order valence-corrected chi connectivity index (χ0v) is 10.8. The second kappa shape index (κ2) is 5.44. The van der Waals surface area contributed by atoms with Crippen molar-refractivity contribution in [1.29, 1.82) is 0 Å². The molecule has 2 aromatic rings. The minimum atomic E-state index is -0.918. The topological polar surface area (TPSA) is 12.0 Å². The number of hydrogen-bond donors (Lipinski definition) is 1. The Morgan fingerprint density at radius 3 is 2.50 bits per heavy atom. The molecule has 2 aromatic carbocycles. The van der Waals surface area contributed by atoms with Gasteiger partial charge in [0.2, 0.25) is 0 Å². The van der Waals surface area contributed by atoms with E-state index in [2.05, 4.69) is 21.2 Å². The monoisotopic (exact) mass is 315 g/mol. The van der Waals surface area contributed by atoms with Crippen LogP contribution in [-0.2, 0) is 6.54 Å². The van der Waals surface area contributed by atoms with Crippen molar-refractivity contribution in [3.63, 3.8) is 0 Å². The highest BCUT2D eigenvalue weighted by atomic mass is 79.9. The largest absolute Gasteiger partial charge is 0.379 e. The lowest BCUT2D eigenvalue weighted by atomic mass is 10.2. The standard InChI is InChI=1S/C13H9BrF3N/c14-9-6-8(4-5-10(9)15)7-18-12-3-1-2-11(16)13(12)17/h1-6,18H,7H2. The predicted molar refractivity (Wildman–Crippen MR) is 67.8 cm³/mol. The summed E-state index contributed by atoms with van der Waals surface area (Å²) in [7, 11) is 0. The van der Waals surface area contributed by atoms with Gasteiger partial charge in [0.05, 0.1) is 10.2 Å². The van der Waals surface area contributed by atoms with E-state index < -0.39 is 11.6 Å². The maximum Gasteiger partial charge on any atom is 0.181 e. The van der Waals surface area contributed by atoms with Crippen molar-refractivity contribution in [3.8, 4) is 0 Å². The van der Waals surface area contributed by atoms with Gasteiger partial charge in [-0.2, -0.15) is 0 Å². The minimum Gasteiger partial charge on any atom is -0.379 e. The van der Waals surface area contributed by atoms with Gasteiger partial charge >= 0.3 is 0 Å². The smallest absolute Gasteiger partial charge is 0.181 e. The minimum absolute atomic E-state index is 0.0791. The zero-order valence-electron chi connectivity index (χ0n) is 9.18. The molecular formula is C13H9BrF3N. The van der Waals surface area contributed by atoms with Gasteiger partial charge in [-0.3, -0.25) is 0 Å². The Kier molecular flexibility index (Phi) is 3.91. The average Bonchev–Trinajstić information content (AvgIpc) is 2.35. The Hall–Kier alpha value is -1.49. The van der Waals surface area contributed by atoms with Gasteiger partial charge in [0, 0.05) is 6.54 Å². The molecule has 5 heteroatoms. The Labute approximate surface area is 111 Å². The second-order valence-electron chi connectivity index (χ2n) is 3.70. The summed E-state index contributed by atoms with van der Waals surface area (Å²) in [5.41, 5.74) is 0.836. The lowest BCUT2D eigenvalue weighted by Crippen LogP contribution is -2.02. The van der Waals surface area contributed by atoms with Crippen LogP contribution in [0.2, 0.25) is 0 Å². The highest BCUT2D eigenvalue weighted by Gasteiger charge is 2.07. The zero-order chi connectivity index (χ0) is 13.1. The maximum atomic E-state index is 13.3. The first-order valence-electron chi connectivity index (χ1n) is 5.20. The van der Waals surface area contributed by atoms with E-state index in [1.165, 1.54) is 18.2 Å². The van der Waals surface area contributed by atoms with Crippen LogP contribution >= 0.6 is 15.9 Å². The van der Waals surface area contributed by atoms with E-state index in [9.17, 15) is 13.2 Å². The van der Waals surface area contributed by atoms with Gasteiger partial charge in [-0.1, -0.05) is 12.1 Å². The normalized spacial score (nSPS) is 10.4. The van der Waals surface area contributed by atoms with Crippen molar-refractivity contribution in [1.82, 2.24) is 0 Å². The molecule has 0 radical (unpaired) electrons. The van der Waals surface area contributed by atoms with Crippen molar-refractivity contribution in [3.05, 3.63) is 63.9 Å². The van der Waals surface area contributed by atoms with Crippen molar-refractivity contribution < 1.29 is 13.2 Å². The molecule has 1 N–H and O–H groups in total. The Balaban J connectivity index is 2.11. The third-order valence-corrected chi connectivity index (χ3v) is 3.03. The van der Waals surface area contributed by atoms with Gasteiger partial charge in [0.15, 0.2) is 11.6 Å². The van der Waals surface area contributed by atoms with Gasteiger partial charge in [-0.25, -0.2) is 13.2 Å². The van der Waals surface area contributed by atoms with E-state index in [0.29, 0.717) is 4.47 Å². The summed E-state index contributed by atoms with van der Waals surface area (Å²) in [5.74, 6) is -2.19. The molecule has 0 saturated carbocycles. The fourth-order valence-electron chi connectivity index (χ4n) is 1.49. The summed E-state index contributed by atoms with van der Waals surface area (Å²) in [6, 6.07) is 8.38. The third-order valence-electron chi connectivity index (χ3n) is 2.42. The second-order valence-corrected chi connectivity index (χ2v) is 4.56. The molecule has 0 fully saturated rings. The molecule has 0 atom stereocenters. The Bertz CT molecular complexity index is 572. The highest BCUT2D eigenvalue weighted by Crippen LogP contribution is 2.20. The van der Waals surface area contributed by atoms with Crippen LogP contribution in [0.15, 0.2) is 40.9 Å². The van der Waals surface area contributed by atoms with Gasteiger partial charge in [-0.05, 0) is 45.8 Å². The first-order chi connectivity index (χ1) is 8.58. The Morgan fingerprint density at radius 1 is 1.00 bits per heavy atom. The molecule has 0 bridgehead atoms. The molecule has 2 rings (SSSR count). The molecule has 0 aliphatic carbocycles. The number of rotatable bonds is 3. The molecule has 94 valence electrons. The van der Waals surface area contributed by atoms with Gasteiger partial charge in [0.1, 0.15) is 5.82 Å². The van der Waals surface area contributed by atoms with Crippen molar-refractivity contribution in [2.45, 2.75) is 6.54 Å². The Morgan fingerprint density at radius 2 is 1.78 bits per heavy atom. The van der Waals surface area contributed by atoms with Crippen LogP contribution in [0.4, 0.5) is 18.9 Å². The fourth-order valence-corrected chi connectivity index (χ4v) is 1.91. The van der Waals surface area contributed by atoms with Crippen molar-refractivity contribution in [2.75, 3.05) is 5.32 Å². The molecule has 0 unspecified atom stereocenters. The maximum absolute atomic E-state index is 13.3. The van der Waals surface area contributed by atoms with Gasteiger partial charge in [0.25, 0.3) is 0 Å². The molecule has 0 aromatic heterocycles. The van der Waals surface area contributed by atoms with E-state index in [0.717, 1.165) is 11.6 Å². The third kappa shape index (κ3) is 2.85. The fraction of sp³-hybridized carbons (Fsp3) is 0.0769. The van der Waals surface area contributed by atoms with Crippen LogP contribution in [0.5, 0.6) is 0 Å². The molecule has 0 heterocycles. The van der Waals surface area contributed by atoms with Crippen molar-refractivity contribution in [2.24, 2.45) is 0 Å².